The summed E-state index contributed by atoms with van der Waals surface area (Å²) in [5.74, 6) is -0.142. The Bertz CT molecular complexity index is 326. The van der Waals surface area contributed by atoms with Gasteiger partial charge < -0.3 is 4.74 Å². The molecule has 1 nitrogen and oxygen atoms in total. The van der Waals surface area contributed by atoms with Crippen LogP contribution < -0.4 is 4.74 Å². The van der Waals surface area contributed by atoms with Crippen LogP contribution in [-0.2, 0) is 5.33 Å². The molecule has 6 heteroatoms. The molecular formula is C9H7BrF4O. The molecule has 0 aliphatic heterocycles. The number of rotatable bonds is 3. The highest BCUT2D eigenvalue weighted by molar-refractivity contribution is 9.08. The maximum Gasteiger partial charge on any atom is 0.457 e. The van der Waals surface area contributed by atoms with Gasteiger partial charge in [-0.05, 0) is 17.7 Å². The molecule has 0 radical (unpaired) electrons. The number of ether oxygens (including phenoxy) is 1. The SMILES string of the molecule is FC(Oc1cccc(CBr)c1)C(F)(F)F. The van der Waals surface area contributed by atoms with E-state index in [2.05, 4.69) is 20.7 Å². The number of alkyl halides is 5. The van der Waals surface area contributed by atoms with E-state index in [1.54, 1.807) is 6.07 Å². The van der Waals surface area contributed by atoms with Crippen molar-refractivity contribution in [2.24, 2.45) is 0 Å². The van der Waals surface area contributed by atoms with Crippen LogP contribution in [0, 0.1) is 0 Å². The molecule has 0 spiro atoms. The normalized spacial score (nSPS) is 13.7. The molecule has 1 rings (SSSR count). The minimum atomic E-state index is -5.00. The van der Waals surface area contributed by atoms with Crippen molar-refractivity contribution in [2.45, 2.75) is 17.9 Å². The lowest BCUT2D eigenvalue weighted by atomic mass is 10.2. The van der Waals surface area contributed by atoms with Crippen molar-refractivity contribution in [2.75, 3.05) is 0 Å². The lowest BCUT2D eigenvalue weighted by Crippen LogP contribution is -2.29. The van der Waals surface area contributed by atoms with Gasteiger partial charge in [-0.2, -0.15) is 17.6 Å². The maximum atomic E-state index is 12.5. The predicted octanol–water partition coefficient (Wildman–Crippen LogP) is 3.82. The monoisotopic (exact) mass is 286 g/mol. The van der Waals surface area contributed by atoms with E-state index < -0.39 is 12.5 Å². The quantitative estimate of drug-likeness (QED) is 0.606. The molecule has 0 saturated carbocycles. The highest BCUT2D eigenvalue weighted by atomic mass is 79.9. The number of hydrogen-bond donors (Lipinski definition) is 0. The van der Waals surface area contributed by atoms with Crippen molar-refractivity contribution < 1.29 is 22.3 Å². The largest absolute Gasteiger partial charge is 0.457 e. The van der Waals surface area contributed by atoms with Crippen molar-refractivity contribution in [3.8, 4) is 5.75 Å². The predicted molar refractivity (Wildman–Crippen MR) is 50.7 cm³/mol. The van der Waals surface area contributed by atoms with E-state index in [0.29, 0.717) is 10.9 Å². The highest BCUT2D eigenvalue weighted by Gasteiger charge is 2.42. The summed E-state index contributed by atoms with van der Waals surface area (Å²) in [5, 5.41) is 0.465. The first-order valence-electron chi connectivity index (χ1n) is 3.96. The molecule has 1 aromatic carbocycles. The molecule has 0 aromatic heterocycles. The van der Waals surface area contributed by atoms with Gasteiger partial charge in [0.25, 0.3) is 0 Å². The molecule has 0 amide bonds. The molecule has 0 saturated heterocycles. The Morgan fingerprint density at radius 2 is 2.00 bits per heavy atom. The van der Waals surface area contributed by atoms with Crippen LogP contribution in [-0.4, -0.2) is 12.5 Å². The van der Waals surface area contributed by atoms with Crippen LogP contribution >= 0.6 is 15.9 Å². The second kappa shape index (κ2) is 4.83. The van der Waals surface area contributed by atoms with Gasteiger partial charge in [-0.1, -0.05) is 28.1 Å². The lowest BCUT2D eigenvalue weighted by Gasteiger charge is -2.14. The fraction of sp³-hybridized carbons (Fsp3) is 0.333. The first-order chi connectivity index (χ1) is 6.93. The molecule has 0 fully saturated rings. The minimum Gasteiger partial charge on any atom is -0.452 e. The van der Waals surface area contributed by atoms with Crippen LogP contribution in [0.4, 0.5) is 17.6 Å². The Labute approximate surface area is 92.2 Å². The fourth-order valence-corrected chi connectivity index (χ4v) is 1.24. The average Bonchev–Trinajstić information content (AvgIpc) is 2.16. The summed E-state index contributed by atoms with van der Waals surface area (Å²) in [6, 6.07) is 5.79. The summed E-state index contributed by atoms with van der Waals surface area (Å²) < 4.78 is 52.0. The molecule has 1 aromatic rings. The van der Waals surface area contributed by atoms with Gasteiger partial charge in [0.1, 0.15) is 5.75 Å². The molecular weight excluding hydrogens is 280 g/mol. The summed E-state index contributed by atoms with van der Waals surface area (Å²) in [5.41, 5.74) is 0.710. The summed E-state index contributed by atoms with van der Waals surface area (Å²) in [7, 11) is 0. The Kier molecular flexibility index (Phi) is 3.96. The number of halogens is 5. The summed E-state index contributed by atoms with van der Waals surface area (Å²) in [6.07, 6.45) is -8.28. The van der Waals surface area contributed by atoms with Gasteiger partial charge in [-0.15, -0.1) is 0 Å². The molecule has 0 heterocycles. The second-order valence-corrected chi connectivity index (χ2v) is 3.32. The zero-order chi connectivity index (χ0) is 11.5. The zero-order valence-corrected chi connectivity index (χ0v) is 8.98. The third-order valence-corrected chi connectivity index (χ3v) is 2.20. The maximum absolute atomic E-state index is 12.5. The van der Waals surface area contributed by atoms with E-state index in [9.17, 15) is 17.6 Å². The van der Waals surface area contributed by atoms with Crippen LogP contribution in [0.1, 0.15) is 5.56 Å². The van der Waals surface area contributed by atoms with Crippen LogP contribution in [0.2, 0.25) is 0 Å². The third-order valence-electron chi connectivity index (χ3n) is 1.55. The molecule has 0 aliphatic rings. The lowest BCUT2D eigenvalue weighted by molar-refractivity contribution is -0.236. The van der Waals surface area contributed by atoms with Crippen molar-refractivity contribution in [1.29, 1.82) is 0 Å². The Hall–Kier alpha value is -0.780. The molecule has 0 bridgehead atoms. The number of hydrogen-bond acceptors (Lipinski definition) is 1. The van der Waals surface area contributed by atoms with Gasteiger partial charge in [0.15, 0.2) is 0 Å². The standard InChI is InChI=1S/C9H7BrF4O/c10-5-6-2-1-3-7(4-6)15-8(11)9(12,13)14/h1-4,8H,5H2. The first kappa shape index (κ1) is 12.3. The van der Waals surface area contributed by atoms with E-state index in [-0.39, 0.29) is 5.75 Å². The van der Waals surface area contributed by atoms with E-state index in [1.165, 1.54) is 18.2 Å². The van der Waals surface area contributed by atoms with Crippen LogP contribution in [0.15, 0.2) is 24.3 Å². The van der Waals surface area contributed by atoms with E-state index >= 15 is 0 Å². The molecule has 1 unspecified atom stereocenters. The molecule has 84 valence electrons. The van der Waals surface area contributed by atoms with E-state index in [4.69, 9.17) is 0 Å². The second-order valence-electron chi connectivity index (χ2n) is 2.76. The fourth-order valence-electron chi connectivity index (χ4n) is 0.888. The Balaban J connectivity index is 2.72. The topological polar surface area (TPSA) is 9.23 Å². The van der Waals surface area contributed by atoms with Crippen molar-refractivity contribution in [3.05, 3.63) is 29.8 Å². The van der Waals surface area contributed by atoms with E-state index in [1.807, 2.05) is 0 Å². The van der Waals surface area contributed by atoms with E-state index in [0.717, 1.165) is 0 Å². The molecule has 1 atom stereocenters. The molecule has 0 aliphatic carbocycles. The van der Waals surface area contributed by atoms with Gasteiger partial charge in [0.05, 0.1) is 0 Å². The zero-order valence-electron chi connectivity index (χ0n) is 7.39. The summed E-state index contributed by atoms with van der Waals surface area (Å²) >= 11 is 3.13. The highest BCUT2D eigenvalue weighted by Crippen LogP contribution is 2.26. The number of benzene rings is 1. The van der Waals surface area contributed by atoms with Gasteiger partial charge >= 0.3 is 12.5 Å². The minimum absolute atomic E-state index is 0.142. The third kappa shape index (κ3) is 3.70. The first-order valence-corrected chi connectivity index (χ1v) is 5.08. The summed E-state index contributed by atoms with van der Waals surface area (Å²) in [4.78, 5) is 0. The summed E-state index contributed by atoms with van der Waals surface area (Å²) in [6.45, 7) is 0. The van der Waals surface area contributed by atoms with Crippen LogP contribution in [0.3, 0.4) is 0 Å². The van der Waals surface area contributed by atoms with Crippen molar-refractivity contribution in [1.82, 2.24) is 0 Å². The van der Waals surface area contributed by atoms with Gasteiger partial charge in [0, 0.05) is 5.33 Å². The van der Waals surface area contributed by atoms with Crippen molar-refractivity contribution >= 4 is 15.9 Å². The Morgan fingerprint density at radius 1 is 1.33 bits per heavy atom. The average molecular weight is 287 g/mol. The van der Waals surface area contributed by atoms with Crippen molar-refractivity contribution in [3.63, 3.8) is 0 Å². The molecule has 0 N–H and O–H groups in total. The van der Waals surface area contributed by atoms with Crippen LogP contribution in [0.5, 0.6) is 5.75 Å². The van der Waals surface area contributed by atoms with Gasteiger partial charge in [-0.3, -0.25) is 0 Å². The van der Waals surface area contributed by atoms with Gasteiger partial charge in [-0.25, -0.2) is 0 Å². The van der Waals surface area contributed by atoms with Gasteiger partial charge in [0.2, 0.25) is 0 Å². The molecule has 15 heavy (non-hydrogen) atoms. The van der Waals surface area contributed by atoms with Crippen LogP contribution in [0.25, 0.3) is 0 Å². The smallest absolute Gasteiger partial charge is 0.452 e. The Morgan fingerprint density at radius 3 is 2.53 bits per heavy atom.